The Balaban J connectivity index is 1.05. The first kappa shape index (κ1) is 36.8. The van der Waals surface area contributed by atoms with Crippen LogP contribution in [0.1, 0.15) is 0 Å². The van der Waals surface area contributed by atoms with E-state index in [2.05, 4.69) is 241 Å². The highest BCUT2D eigenvalue weighted by Crippen LogP contribution is 2.50. The van der Waals surface area contributed by atoms with Crippen molar-refractivity contribution in [2.45, 2.75) is 0 Å². The molecule has 296 valence electrons. The molecule has 0 spiro atoms. The molecule has 10 aromatic carbocycles. The fraction of sp³-hybridized carbons (Fsp3) is 0. The molecular formula is C60H39NOS. The van der Waals surface area contributed by atoms with Crippen LogP contribution in [-0.2, 0) is 0 Å². The van der Waals surface area contributed by atoms with Gasteiger partial charge in [0.15, 0.2) is 0 Å². The topological polar surface area (TPSA) is 16.4 Å². The van der Waals surface area contributed by atoms with Crippen LogP contribution >= 0.6 is 11.3 Å². The van der Waals surface area contributed by atoms with Crippen molar-refractivity contribution in [2.24, 2.45) is 0 Å². The maximum absolute atomic E-state index is 6.57. The zero-order chi connectivity index (χ0) is 41.7. The summed E-state index contributed by atoms with van der Waals surface area (Å²) in [4.78, 5) is 2.44. The van der Waals surface area contributed by atoms with Crippen molar-refractivity contribution in [3.8, 4) is 55.6 Å². The van der Waals surface area contributed by atoms with E-state index in [0.29, 0.717) is 0 Å². The molecule has 0 aliphatic rings. The smallest absolute Gasteiger partial charge is 0.136 e. The molecule has 0 atom stereocenters. The predicted octanol–water partition coefficient (Wildman–Crippen LogP) is 17.8. The molecule has 3 heteroatoms. The van der Waals surface area contributed by atoms with E-state index in [1.165, 1.54) is 70.2 Å². The van der Waals surface area contributed by atoms with Gasteiger partial charge >= 0.3 is 0 Å². The van der Waals surface area contributed by atoms with Gasteiger partial charge in [-0.25, -0.2) is 0 Å². The van der Waals surface area contributed by atoms with E-state index in [-0.39, 0.29) is 0 Å². The van der Waals surface area contributed by atoms with Crippen molar-refractivity contribution in [3.05, 3.63) is 237 Å². The van der Waals surface area contributed by atoms with Gasteiger partial charge in [0, 0.05) is 42.3 Å². The maximum atomic E-state index is 6.57. The molecule has 2 heterocycles. The van der Waals surface area contributed by atoms with Crippen molar-refractivity contribution in [3.63, 3.8) is 0 Å². The van der Waals surface area contributed by atoms with Crippen molar-refractivity contribution in [2.75, 3.05) is 4.90 Å². The Labute approximate surface area is 370 Å². The summed E-state index contributed by atoms with van der Waals surface area (Å²) in [5.74, 6) is 0. The molecule has 0 aliphatic heterocycles. The second-order valence-electron chi connectivity index (χ2n) is 16.1. The maximum Gasteiger partial charge on any atom is 0.136 e. The van der Waals surface area contributed by atoms with Crippen molar-refractivity contribution in [1.29, 1.82) is 0 Å². The van der Waals surface area contributed by atoms with Crippen LogP contribution in [0.15, 0.2) is 241 Å². The van der Waals surface area contributed by atoms with Crippen LogP contribution in [0.4, 0.5) is 17.1 Å². The Morgan fingerprint density at radius 2 is 0.794 bits per heavy atom. The number of hydrogen-bond acceptors (Lipinski definition) is 3. The molecule has 0 N–H and O–H groups in total. The summed E-state index contributed by atoms with van der Waals surface area (Å²) in [5.41, 5.74) is 17.0. The Morgan fingerprint density at radius 3 is 1.40 bits per heavy atom. The van der Waals surface area contributed by atoms with Gasteiger partial charge in [0.05, 0.1) is 5.69 Å². The number of nitrogens with zero attached hydrogens (tertiary/aromatic N) is 1. The molecule has 12 aromatic rings. The van der Waals surface area contributed by atoms with Crippen LogP contribution in [0.3, 0.4) is 0 Å². The van der Waals surface area contributed by atoms with E-state index in [9.17, 15) is 0 Å². The lowest BCUT2D eigenvalue weighted by atomic mass is 9.98. The molecule has 2 nitrogen and oxygen atoms in total. The summed E-state index contributed by atoms with van der Waals surface area (Å²) < 4.78 is 9.10. The molecule has 0 radical (unpaired) electrons. The summed E-state index contributed by atoms with van der Waals surface area (Å²) in [6.45, 7) is 0. The fourth-order valence-corrected chi connectivity index (χ4v) is 10.4. The Hall–Kier alpha value is -7.98. The molecule has 0 amide bonds. The van der Waals surface area contributed by atoms with E-state index in [1.54, 1.807) is 0 Å². The van der Waals surface area contributed by atoms with Crippen LogP contribution in [0.25, 0.3) is 97.7 Å². The minimum Gasteiger partial charge on any atom is -0.456 e. The standard InChI is InChI=1S/C60H39NOS/c1-5-13-40(14-6-1)43-21-23-44(24-22-43)45-25-29-49(30-26-45)61(50-31-36-56-54(39-50)52-32-27-47(37-57(52)62-56)41-15-7-2-8-16-41)55-35-34-51(46-19-11-4-12-20-46)60-59(55)53-33-28-48(38-58(53)63-60)42-17-9-3-10-18-42/h1-39H. The number of hydrogen-bond donors (Lipinski definition) is 0. The second-order valence-corrected chi connectivity index (χ2v) is 17.1. The minimum atomic E-state index is 0.868. The van der Waals surface area contributed by atoms with Gasteiger partial charge in [0.25, 0.3) is 0 Å². The van der Waals surface area contributed by atoms with Crippen LogP contribution in [0, 0.1) is 0 Å². The summed E-state index contributed by atoms with van der Waals surface area (Å²) in [6.07, 6.45) is 0. The lowest BCUT2D eigenvalue weighted by Gasteiger charge is -2.27. The van der Waals surface area contributed by atoms with Crippen molar-refractivity contribution < 1.29 is 4.42 Å². The van der Waals surface area contributed by atoms with Crippen LogP contribution in [0.5, 0.6) is 0 Å². The third-order valence-electron chi connectivity index (χ3n) is 12.3. The Morgan fingerprint density at radius 1 is 0.317 bits per heavy atom. The molecule has 0 saturated heterocycles. The predicted molar refractivity (Wildman–Crippen MR) is 268 cm³/mol. The van der Waals surface area contributed by atoms with Crippen LogP contribution in [-0.4, -0.2) is 0 Å². The second kappa shape index (κ2) is 15.5. The van der Waals surface area contributed by atoms with E-state index in [0.717, 1.165) is 44.6 Å². The van der Waals surface area contributed by atoms with E-state index < -0.39 is 0 Å². The number of benzene rings is 10. The molecule has 0 fully saturated rings. The van der Waals surface area contributed by atoms with E-state index in [1.807, 2.05) is 11.3 Å². The molecule has 63 heavy (non-hydrogen) atoms. The van der Waals surface area contributed by atoms with Gasteiger partial charge in [0.1, 0.15) is 11.2 Å². The van der Waals surface area contributed by atoms with Crippen LogP contribution in [0.2, 0.25) is 0 Å². The average Bonchev–Trinajstić information content (AvgIpc) is 3.93. The number of fused-ring (bicyclic) bond motifs is 6. The molecule has 0 aliphatic carbocycles. The molecule has 0 saturated carbocycles. The SMILES string of the molecule is c1ccc(-c2ccc(-c3ccc(N(c4ccc5oc6cc(-c7ccccc7)ccc6c5c4)c4ccc(-c5ccccc5)c5sc6cc(-c7ccccc7)ccc6c45)cc3)cc2)cc1. The van der Waals surface area contributed by atoms with Gasteiger partial charge in [-0.1, -0.05) is 182 Å². The largest absolute Gasteiger partial charge is 0.456 e. The van der Waals surface area contributed by atoms with Crippen molar-refractivity contribution in [1.82, 2.24) is 0 Å². The molecule has 0 bridgehead atoms. The van der Waals surface area contributed by atoms with Gasteiger partial charge in [-0.05, 0) is 110 Å². The Bertz CT molecular complexity index is 3570. The lowest BCUT2D eigenvalue weighted by Crippen LogP contribution is -2.10. The molecule has 12 rings (SSSR count). The quantitative estimate of drug-likeness (QED) is 0.152. The summed E-state index contributed by atoms with van der Waals surface area (Å²) in [7, 11) is 0. The first-order chi connectivity index (χ1) is 31.2. The number of rotatable bonds is 8. The molecule has 0 unspecified atom stereocenters. The fourth-order valence-electron chi connectivity index (χ4n) is 9.13. The van der Waals surface area contributed by atoms with E-state index in [4.69, 9.17) is 4.42 Å². The summed E-state index contributed by atoms with van der Waals surface area (Å²) in [6, 6.07) is 85.3. The Kier molecular flexibility index (Phi) is 9.06. The van der Waals surface area contributed by atoms with Gasteiger partial charge in [-0.3, -0.25) is 0 Å². The zero-order valence-corrected chi connectivity index (χ0v) is 35.1. The third kappa shape index (κ3) is 6.67. The first-order valence-corrected chi connectivity index (χ1v) is 22.2. The number of thiophene rings is 1. The highest BCUT2D eigenvalue weighted by molar-refractivity contribution is 7.26. The summed E-state index contributed by atoms with van der Waals surface area (Å²) in [5, 5.41) is 4.66. The van der Waals surface area contributed by atoms with Gasteiger partial charge < -0.3 is 9.32 Å². The normalized spacial score (nSPS) is 11.5. The third-order valence-corrected chi connectivity index (χ3v) is 13.5. The highest BCUT2D eigenvalue weighted by Gasteiger charge is 2.23. The number of anilines is 3. The average molecular weight is 822 g/mol. The van der Waals surface area contributed by atoms with Crippen molar-refractivity contribution >= 4 is 70.5 Å². The lowest BCUT2D eigenvalue weighted by molar-refractivity contribution is 0.669. The highest BCUT2D eigenvalue weighted by atomic mass is 32.1. The minimum absolute atomic E-state index is 0.868. The number of furan rings is 1. The van der Waals surface area contributed by atoms with Gasteiger partial charge in [-0.15, -0.1) is 11.3 Å². The van der Waals surface area contributed by atoms with E-state index >= 15 is 0 Å². The van der Waals surface area contributed by atoms with Gasteiger partial charge in [-0.2, -0.15) is 0 Å². The molecular weight excluding hydrogens is 783 g/mol. The van der Waals surface area contributed by atoms with Crippen LogP contribution < -0.4 is 4.90 Å². The first-order valence-electron chi connectivity index (χ1n) is 21.4. The molecule has 2 aromatic heterocycles. The zero-order valence-electron chi connectivity index (χ0n) is 34.3. The van der Waals surface area contributed by atoms with Gasteiger partial charge in [0.2, 0.25) is 0 Å². The monoisotopic (exact) mass is 821 g/mol. The summed E-state index contributed by atoms with van der Waals surface area (Å²) >= 11 is 1.88.